The lowest BCUT2D eigenvalue weighted by atomic mass is 9.99. The Morgan fingerprint density at radius 3 is 2.73 bits per heavy atom. The van der Waals surface area contributed by atoms with Gasteiger partial charge in [0, 0.05) is 0 Å². The van der Waals surface area contributed by atoms with Crippen molar-refractivity contribution in [1.29, 1.82) is 0 Å². The summed E-state index contributed by atoms with van der Waals surface area (Å²) in [6.07, 6.45) is 1.47. The molecule has 3 N–H and O–H groups in total. The quantitative estimate of drug-likeness (QED) is 0.774. The molecule has 1 atom stereocenters. The summed E-state index contributed by atoms with van der Waals surface area (Å²) in [5, 5.41) is 6.59. The standard InChI is InChI=1S/C11H14N4/c1-7-3-4-9(8(2)5-7)10(12)11-13-6-14-15-11/h3-6,10H,12H2,1-2H3,(H,13,14,15). The van der Waals surface area contributed by atoms with Crippen LogP contribution >= 0.6 is 0 Å². The number of rotatable bonds is 2. The number of nitrogens with one attached hydrogen (secondary N) is 1. The third kappa shape index (κ3) is 1.89. The fraction of sp³-hybridized carbons (Fsp3) is 0.273. The van der Waals surface area contributed by atoms with Crippen molar-refractivity contribution in [3.05, 3.63) is 47.0 Å². The van der Waals surface area contributed by atoms with Gasteiger partial charge >= 0.3 is 0 Å². The van der Waals surface area contributed by atoms with E-state index < -0.39 is 0 Å². The summed E-state index contributed by atoms with van der Waals surface area (Å²) in [6, 6.07) is 5.98. The molecule has 1 heterocycles. The SMILES string of the molecule is Cc1ccc(C(N)c2ncn[nH]2)c(C)c1. The zero-order chi connectivity index (χ0) is 10.8. The smallest absolute Gasteiger partial charge is 0.145 e. The topological polar surface area (TPSA) is 67.6 Å². The summed E-state index contributed by atoms with van der Waals surface area (Å²) in [6.45, 7) is 4.12. The van der Waals surface area contributed by atoms with E-state index in [1.54, 1.807) is 0 Å². The second-order valence-electron chi connectivity index (χ2n) is 3.71. The molecule has 0 spiro atoms. The maximum Gasteiger partial charge on any atom is 0.145 e. The van der Waals surface area contributed by atoms with Crippen molar-refractivity contribution in [3.8, 4) is 0 Å². The Balaban J connectivity index is 2.38. The highest BCUT2D eigenvalue weighted by molar-refractivity contribution is 5.35. The van der Waals surface area contributed by atoms with E-state index in [0.29, 0.717) is 5.82 Å². The first-order chi connectivity index (χ1) is 7.18. The lowest BCUT2D eigenvalue weighted by molar-refractivity contribution is 0.781. The van der Waals surface area contributed by atoms with Gasteiger partial charge in [0.25, 0.3) is 0 Å². The zero-order valence-electron chi connectivity index (χ0n) is 8.86. The van der Waals surface area contributed by atoms with E-state index in [1.807, 2.05) is 6.07 Å². The highest BCUT2D eigenvalue weighted by atomic mass is 15.2. The van der Waals surface area contributed by atoms with Gasteiger partial charge in [-0.25, -0.2) is 4.98 Å². The fourth-order valence-corrected chi connectivity index (χ4v) is 1.69. The van der Waals surface area contributed by atoms with Gasteiger partial charge < -0.3 is 5.73 Å². The van der Waals surface area contributed by atoms with Gasteiger partial charge in [0.05, 0.1) is 6.04 Å². The molecule has 0 amide bonds. The number of aromatic amines is 1. The third-order valence-electron chi connectivity index (χ3n) is 2.49. The zero-order valence-corrected chi connectivity index (χ0v) is 8.86. The molecule has 15 heavy (non-hydrogen) atoms. The summed E-state index contributed by atoms with van der Waals surface area (Å²) in [5.74, 6) is 0.696. The number of hydrogen-bond acceptors (Lipinski definition) is 3. The van der Waals surface area contributed by atoms with Crippen LogP contribution in [0.4, 0.5) is 0 Å². The average molecular weight is 202 g/mol. The molecule has 0 radical (unpaired) electrons. The fourth-order valence-electron chi connectivity index (χ4n) is 1.69. The number of H-pyrrole nitrogens is 1. The summed E-state index contributed by atoms with van der Waals surface area (Å²) >= 11 is 0. The number of nitrogens with zero attached hydrogens (tertiary/aromatic N) is 2. The van der Waals surface area contributed by atoms with Crippen LogP contribution in [-0.2, 0) is 0 Å². The molecule has 0 aliphatic heterocycles. The largest absolute Gasteiger partial charge is 0.318 e. The summed E-state index contributed by atoms with van der Waals surface area (Å²) in [7, 11) is 0. The molecule has 4 nitrogen and oxygen atoms in total. The molecule has 0 saturated carbocycles. The first kappa shape index (κ1) is 9.86. The number of aryl methyl sites for hydroxylation is 2. The number of benzene rings is 1. The predicted octanol–water partition coefficient (Wildman–Crippen LogP) is 1.47. The van der Waals surface area contributed by atoms with Crippen LogP contribution in [0.15, 0.2) is 24.5 Å². The normalized spacial score (nSPS) is 12.7. The van der Waals surface area contributed by atoms with Crippen molar-refractivity contribution in [1.82, 2.24) is 15.2 Å². The molecule has 2 rings (SSSR count). The molecular weight excluding hydrogens is 188 g/mol. The first-order valence-corrected chi connectivity index (χ1v) is 4.86. The minimum Gasteiger partial charge on any atom is -0.318 e. The Kier molecular flexibility index (Phi) is 2.51. The van der Waals surface area contributed by atoms with Crippen molar-refractivity contribution in [3.63, 3.8) is 0 Å². The van der Waals surface area contributed by atoms with E-state index in [9.17, 15) is 0 Å². The highest BCUT2D eigenvalue weighted by Gasteiger charge is 2.13. The van der Waals surface area contributed by atoms with Crippen molar-refractivity contribution < 1.29 is 0 Å². The summed E-state index contributed by atoms with van der Waals surface area (Å²) in [5.41, 5.74) is 9.58. The van der Waals surface area contributed by atoms with Crippen LogP contribution in [0.3, 0.4) is 0 Å². The summed E-state index contributed by atoms with van der Waals surface area (Å²) in [4.78, 5) is 4.06. The molecule has 1 aromatic heterocycles. The maximum absolute atomic E-state index is 6.08. The lowest BCUT2D eigenvalue weighted by Crippen LogP contribution is -2.15. The summed E-state index contributed by atoms with van der Waals surface area (Å²) < 4.78 is 0. The molecule has 0 bridgehead atoms. The van der Waals surface area contributed by atoms with Crippen molar-refractivity contribution >= 4 is 0 Å². The molecule has 1 aromatic carbocycles. The Hall–Kier alpha value is -1.68. The minimum atomic E-state index is -0.229. The number of nitrogens with two attached hydrogens (primary N) is 1. The number of aromatic nitrogens is 3. The van der Waals surface area contributed by atoms with Gasteiger partial charge in [0.15, 0.2) is 0 Å². The van der Waals surface area contributed by atoms with Crippen molar-refractivity contribution in [2.75, 3.05) is 0 Å². The average Bonchev–Trinajstić information content (AvgIpc) is 2.69. The van der Waals surface area contributed by atoms with E-state index in [2.05, 4.69) is 41.2 Å². The first-order valence-electron chi connectivity index (χ1n) is 4.86. The van der Waals surface area contributed by atoms with Gasteiger partial charge in [0.2, 0.25) is 0 Å². The highest BCUT2D eigenvalue weighted by Crippen LogP contribution is 2.20. The van der Waals surface area contributed by atoms with Crippen LogP contribution < -0.4 is 5.73 Å². The predicted molar refractivity (Wildman–Crippen MR) is 58.3 cm³/mol. The second-order valence-corrected chi connectivity index (χ2v) is 3.71. The second kappa shape index (κ2) is 3.82. The molecule has 0 fully saturated rings. The van der Waals surface area contributed by atoms with E-state index in [1.165, 1.54) is 17.5 Å². The Morgan fingerprint density at radius 1 is 1.33 bits per heavy atom. The van der Waals surface area contributed by atoms with Crippen LogP contribution in [0.25, 0.3) is 0 Å². The molecule has 1 unspecified atom stereocenters. The molecular formula is C11H14N4. The van der Waals surface area contributed by atoms with Crippen molar-refractivity contribution in [2.24, 2.45) is 5.73 Å². The van der Waals surface area contributed by atoms with Gasteiger partial charge in [0.1, 0.15) is 12.2 Å². The number of hydrogen-bond donors (Lipinski definition) is 2. The van der Waals surface area contributed by atoms with Gasteiger partial charge in [-0.15, -0.1) is 0 Å². The third-order valence-corrected chi connectivity index (χ3v) is 2.49. The molecule has 78 valence electrons. The Morgan fingerprint density at radius 2 is 2.13 bits per heavy atom. The van der Waals surface area contributed by atoms with Crippen LogP contribution in [0.5, 0.6) is 0 Å². The lowest BCUT2D eigenvalue weighted by Gasteiger charge is -2.12. The molecule has 0 saturated heterocycles. The Labute approximate surface area is 88.5 Å². The van der Waals surface area contributed by atoms with E-state index in [4.69, 9.17) is 5.73 Å². The van der Waals surface area contributed by atoms with Gasteiger partial charge in [-0.05, 0) is 25.0 Å². The van der Waals surface area contributed by atoms with Gasteiger partial charge in [-0.2, -0.15) is 5.10 Å². The molecule has 0 aliphatic rings. The van der Waals surface area contributed by atoms with Crippen LogP contribution in [0, 0.1) is 13.8 Å². The van der Waals surface area contributed by atoms with Gasteiger partial charge in [-0.3, -0.25) is 5.10 Å². The minimum absolute atomic E-state index is 0.229. The van der Waals surface area contributed by atoms with Crippen LogP contribution in [-0.4, -0.2) is 15.2 Å². The van der Waals surface area contributed by atoms with Crippen LogP contribution in [0.2, 0.25) is 0 Å². The van der Waals surface area contributed by atoms with Crippen LogP contribution in [0.1, 0.15) is 28.6 Å². The molecule has 4 heteroatoms. The molecule has 0 aliphatic carbocycles. The Bertz CT molecular complexity index is 448. The monoisotopic (exact) mass is 202 g/mol. The maximum atomic E-state index is 6.08. The van der Waals surface area contributed by atoms with E-state index in [0.717, 1.165) is 5.56 Å². The van der Waals surface area contributed by atoms with Gasteiger partial charge in [-0.1, -0.05) is 23.8 Å². The van der Waals surface area contributed by atoms with E-state index in [-0.39, 0.29) is 6.04 Å². The van der Waals surface area contributed by atoms with E-state index >= 15 is 0 Å². The van der Waals surface area contributed by atoms with Crippen molar-refractivity contribution in [2.45, 2.75) is 19.9 Å². The molecule has 2 aromatic rings.